The van der Waals surface area contributed by atoms with Crippen LogP contribution in [0, 0.1) is 0 Å². The van der Waals surface area contributed by atoms with Gasteiger partial charge < -0.3 is 4.79 Å². The molecule has 7 heavy (non-hydrogen) atoms. The molecule has 0 radical (unpaired) electrons. The third-order valence-corrected chi connectivity index (χ3v) is 2.42. The van der Waals surface area contributed by atoms with Crippen molar-refractivity contribution in [3.8, 4) is 0 Å². The van der Waals surface area contributed by atoms with Crippen LogP contribution in [0.5, 0.6) is 0 Å². The van der Waals surface area contributed by atoms with Gasteiger partial charge in [0.1, 0.15) is 6.29 Å². The summed E-state index contributed by atoms with van der Waals surface area (Å²) in [7, 11) is 0. The van der Waals surface area contributed by atoms with Crippen LogP contribution in [0.15, 0.2) is 0 Å². The Morgan fingerprint density at radius 1 is 1.71 bits per heavy atom. The van der Waals surface area contributed by atoms with Crippen LogP contribution < -0.4 is 0 Å². The van der Waals surface area contributed by atoms with Gasteiger partial charge in [0.2, 0.25) is 0 Å². The SMILES string of the molecule is O=CC1CCCS1. The van der Waals surface area contributed by atoms with Crippen LogP contribution in [0.2, 0.25) is 0 Å². The lowest BCUT2D eigenvalue weighted by atomic mass is 10.3. The minimum absolute atomic E-state index is 0.333. The van der Waals surface area contributed by atoms with E-state index in [9.17, 15) is 4.79 Å². The highest BCUT2D eigenvalue weighted by Crippen LogP contribution is 2.23. The van der Waals surface area contributed by atoms with Crippen molar-refractivity contribution in [3.63, 3.8) is 0 Å². The number of hydrogen-bond donors (Lipinski definition) is 0. The van der Waals surface area contributed by atoms with Gasteiger partial charge in [0.15, 0.2) is 0 Å². The lowest BCUT2D eigenvalue weighted by Gasteiger charge is -1.90. The van der Waals surface area contributed by atoms with Gasteiger partial charge in [-0.25, -0.2) is 0 Å². The standard InChI is InChI=1S/C5H8OS/c6-4-5-2-1-3-7-5/h4-5H,1-3H2. The Balaban J connectivity index is 2.26. The zero-order chi connectivity index (χ0) is 5.11. The number of thioether (sulfide) groups is 1. The molecule has 0 aliphatic carbocycles. The molecule has 0 amide bonds. The number of hydrogen-bond acceptors (Lipinski definition) is 2. The summed E-state index contributed by atoms with van der Waals surface area (Å²) in [5.74, 6) is 1.18. The monoisotopic (exact) mass is 116 g/mol. The first kappa shape index (κ1) is 5.16. The highest BCUT2D eigenvalue weighted by atomic mass is 32.2. The summed E-state index contributed by atoms with van der Waals surface area (Å²) < 4.78 is 0. The predicted molar refractivity (Wildman–Crippen MR) is 31.5 cm³/mol. The smallest absolute Gasteiger partial charge is 0.132 e. The zero-order valence-corrected chi connectivity index (χ0v) is 4.91. The molecule has 1 rings (SSSR count). The van der Waals surface area contributed by atoms with Crippen molar-refractivity contribution in [1.82, 2.24) is 0 Å². The van der Waals surface area contributed by atoms with E-state index in [-0.39, 0.29) is 0 Å². The van der Waals surface area contributed by atoms with Gasteiger partial charge in [-0.2, -0.15) is 11.8 Å². The molecular weight excluding hydrogens is 108 g/mol. The van der Waals surface area contributed by atoms with Gasteiger partial charge in [0.25, 0.3) is 0 Å². The van der Waals surface area contributed by atoms with Gasteiger partial charge in [0, 0.05) is 0 Å². The van der Waals surface area contributed by atoms with Crippen LogP contribution in [-0.4, -0.2) is 17.3 Å². The van der Waals surface area contributed by atoms with Crippen molar-refractivity contribution >= 4 is 18.0 Å². The Kier molecular flexibility index (Phi) is 1.74. The number of carbonyl (C=O) groups excluding carboxylic acids is 1. The fourth-order valence-corrected chi connectivity index (χ4v) is 1.76. The molecule has 1 aliphatic heterocycles. The Hall–Kier alpha value is 0.0200. The van der Waals surface area contributed by atoms with Crippen LogP contribution in [0.1, 0.15) is 12.8 Å². The Labute approximate surface area is 47.5 Å². The van der Waals surface area contributed by atoms with Crippen molar-refractivity contribution in [1.29, 1.82) is 0 Å². The quantitative estimate of drug-likeness (QED) is 0.477. The molecule has 0 aromatic heterocycles. The lowest BCUT2D eigenvalue weighted by molar-refractivity contribution is -0.107. The van der Waals surface area contributed by atoms with E-state index in [1.807, 2.05) is 0 Å². The minimum Gasteiger partial charge on any atom is -0.302 e. The van der Waals surface area contributed by atoms with E-state index in [0.717, 1.165) is 12.7 Å². The van der Waals surface area contributed by atoms with E-state index in [4.69, 9.17) is 0 Å². The predicted octanol–water partition coefficient (Wildman–Crippen LogP) is 1.08. The molecule has 1 aliphatic rings. The normalized spacial score (nSPS) is 30.6. The van der Waals surface area contributed by atoms with Crippen molar-refractivity contribution < 1.29 is 4.79 Å². The molecule has 40 valence electrons. The summed E-state index contributed by atoms with van der Waals surface area (Å²) in [4.78, 5) is 9.99. The van der Waals surface area contributed by atoms with E-state index in [2.05, 4.69) is 0 Å². The van der Waals surface area contributed by atoms with E-state index in [1.54, 1.807) is 11.8 Å². The summed E-state index contributed by atoms with van der Waals surface area (Å²) in [6.45, 7) is 0. The van der Waals surface area contributed by atoms with Gasteiger partial charge >= 0.3 is 0 Å². The molecule has 0 aromatic rings. The first-order valence-electron chi connectivity index (χ1n) is 2.50. The molecular formula is C5H8OS. The molecule has 0 saturated carbocycles. The minimum atomic E-state index is 0.333. The van der Waals surface area contributed by atoms with Gasteiger partial charge in [-0.15, -0.1) is 0 Å². The molecule has 2 heteroatoms. The second-order valence-corrected chi connectivity index (χ2v) is 3.03. The first-order valence-corrected chi connectivity index (χ1v) is 3.55. The van der Waals surface area contributed by atoms with Crippen molar-refractivity contribution in [2.75, 3.05) is 5.75 Å². The van der Waals surface area contributed by atoms with Crippen LogP contribution in [0.4, 0.5) is 0 Å². The molecule has 0 bridgehead atoms. The zero-order valence-electron chi connectivity index (χ0n) is 4.09. The van der Waals surface area contributed by atoms with Gasteiger partial charge in [-0.1, -0.05) is 0 Å². The van der Waals surface area contributed by atoms with Crippen molar-refractivity contribution in [3.05, 3.63) is 0 Å². The van der Waals surface area contributed by atoms with E-state index < -0.39 is 0 Å². The summed E-state index contributed by atoms with van der Waals surface area (Å²) in [6, 6.07) is 0. The highest BCUT2D eigenvalue weighted by molar-refractivity contribution is 8.00. The topological polar surface area (TPSA) is 17.1 Å². The molecule has 1 fully saturated rings. The molecule has 1 heterocycles. The average Bonchev–Trinajstić information content (AvgIpc) is 2.14. The molecule has 1 nitrogen and oxygen atoms in total. The molecule has 0 spiro atoms. The Morgan fingerprint density at radius 2 is 2.57 bits per heavy atom. The van der Waals surface area contributed by atoms with Crippen LogP contribution in [0.25, 0.3) is 0 Å². The van der Waals surface area contributed by atoms with Crippen LogP contribution in [-0.2, 0) is 4.79 Å². The van der Waals surface area contributed by atoms with E-state index in [0.29, 0.717) is 5.25 Å². The maximum absolute atomic E-state index is 9.99. The molecule has 1 saturated heterocycles. The van der Waals surface area contributed by atoms with Gasteiger partial charge in [-0.3, -0.25) is 0 Å². The lowest BCUT2D eigenvalue weighted by Crippen LogP contribution is -1.94. The summed E-state index contributed by atoms with van der Waals surface area (Å²) >= 11 is 1.77. The third kappa shape index (κ3) is 1.20. The van der Waals surface area contributed by atoms with Crippen LogP contribution in [0.3, 0.4) is 0 Å². The molecule has 0 aromatic carbocycles. The molecule has 1 unspecified atom stereocenters. The second-order valence-electron chi connectivity index (χ2n) is 1.69. The maximum Gasteiger partial charge on any atom is 0.132 e. The molecule has 1 atom stereocenters. The fourth-order valence-electron chi connectivity index (χ4n) is 0.710. The maximum atomic E-state index is 9.99. The number of rotatable bonds is 1. The Bertz CT molecular complexity index is 66.5. The summed E-state index contributed by atoms with van der Waals surface area (Å²) in [5.41, 5.74) is 0. The summed E-state index contributed by atoms with van der Waals surface area (Å²) in [6.07, 6.45) is 3.39. The number of carbonyl (C=O) groups is 1. The first-order chi connectivity index (χ1) is 3.43. The highest BCUT2D eigenvalue weighted by Gasteiger charge is 2.12. The average molecular weight is 116 g/mol. The van der Waals surface area contributed by atoms with Gasteiger partial charge in [-0.05, 0) is 18.6 Å². The largest absolute Gasteiger partial charge is 0.302 e. The molecule has 0 N–H and O–H groups in total. The fraction of sp³-hybridized carbons (Fsp3) is 0.800. The third-order valence-electron chi connectivity index (χ3n) is 1.12. The van der Waals surface area contributed by atoms with Crippen molar-refractivity contribution in [2.45, 2.75) is 18.1 Å². The Morgan fingerprint density at radius 3 is 2.86 bits per heavy atom. The van der Waals surface area contributed by atoms with Gasteiger partial charge in [0.05, 0.1) is 5.25 Å². The van der Waals surface area contributed by atoms with E-state index >= 15 is 0 Å². The second kappa shape index (κ2) is 2.36. The van der Waals surface area contributed by atoms with E-state index in [1.165, 1.54) is 12.2 Å². The van der Waals surface area contributed by atoms with Crippen LogP contribution >= 0.6 is 11.8 Å². The summed E-state index contributed by atoms with van der Waals surface area (Å²) in [5, 5.41) is 0.333. The van der Waals surface area contributed by atoms with Crippen molar-refractivity contribution in [2.24, 2.45) is 0 Å². The number of aldehydes is 1.